The summed E-state index contributed by atoms with van der Waals surface area (Å²) < 4.78 is 5.82. The number of benzene rings is 2. The smallest absolute Gasteiger partial charge is 0.228 e. The SMILES string of the molecule is Cc1cccc2oc(-c3ccc(NC(=O)C4CCC4)cc3Cl)nc12. The number of nitrogens with zero attached hydrogens (tertiary/aromatic N) is 1. The molecule has 0 saturated heterocycles. The van der Waals surface area contributed by atoms with E-state index in [2.05, 4.69) is 10.3 Å². The molecule has 5 heteroatoms. The van der Waals surface area contributed by atoms with Gasteiger partial charge in [0.25, 0.3) is 0 Å². The third-order valence-electron chi connectivity index (χ3n) is 4.56. The number of oxazole rings is 1. The van der Waals surface area contributed by atoms with Gasteiger partial charge in [-0.2, -0.15) is 0 Å². The molecule has 1 heterocycles. The number of fused-ring (bicyclic) bond motifs is 1. The molecule has 0 bridgehead atoms. The molecular weight excluding hydrogens is 324 g/mol. The molecule has 2 aromatic carbocycles. The van der Waals surface area contributed by atoms with Gasteiger partial charge in [-0.3, -0.25) is 4.79 Å². The van der Waals surface area contributed by atoms with Crippen LogP contribution in [0.25, 0.3) is 22.6 Å². The van der Waals surface area contributed by atoms with Crippen molar-refractivity contribution in [3.05, 3.63) is 47.0 Å². The minimum Gasteiger partial charge on any atom is -0.436 e. The zero-order valence-electron chi connectivity index (χ0n) is 13.3. The number of nitrogens with one attached hydrogen (secondary N) is 1. The molecule has 1 aliphatic rings. The summed E-state index contributed by atoms with van der Waals surface area (Å²) in [4.78, 5) is 16.6. The quantitative estimate of drug-likeness (QED) is 0.713. The van der Waals surface area contributed by atoms with Gasteiger partial charge < -0.3 is 9.73 Å². The Balaban J connectivity index is 1.63. The van der Waals surface area contributed by atoms with Crippen molar-refractivity contribution in [1.82, 2.24) is 4.98 Å². The molecule has 1 amide bonds. The lowest BCUT2D eigenvalue weighted by Crippen LogP contribution is -2.27. The van der Waals surface area contributed by atoms with Crippen LogP contribution in [-0.4, -0.2) is 10.9 Å². The van der Waals surface area contributed by atoms with Gasteiger partial charge in [0.15, 0.2) is 5.58 Å². The maximum atomic E-state index is 12.0. The second kappa shape index (κ2) is 5.95. The average molecular weight is 341 g/mol. The average Bonchev–Trinajstić information content (AvgIpc) is 2.90. The molecule has 24 heavy (non-hydrogen) atoms. The number of amides is 1. The van der Waals surface area contributed by atoms with Gasteiger partial charge in [0.2, 0.25) is 11.8 Å². The summed E-state index contributed by atoms with van der Waals surface area (Å²) in [6, 6.07) is 11.2. The van der Waals surface area contributed by atoms with Crippen molar-refractivity contribution in [1.29, 1.82) is 0 Å². The van der Waals surface area contributed by atoms with Crippen molar-refractivity contribution in [2.24, 2.45) is 5.92 Å². The monoisotopic (exact) mass is 340 g/mol. The summed E-state index contributed by atoms with van der Waals surface area (Å²) in [6.07, 6.45) is 3.08. The molecule has 1 saturated carbocycles. The predicted octanol–water partition coefficient (Wildman–Crippen LogP) is 5.20. The summed E-state index contributed by atoms with van der Waals surface area (Å²) in [5.41, 5.74) is 4.05. The lowest BCUT2D eigenvalue weighted by atomic mass is 9.85. The van der Waals surface area contributed by atoms with Gasteiger partial charge >= 0.3 is 0 Å². The highest BCUT2D eigenvalue weighted by Gasteiger charge is 2.25. The third-order valence-corrected chi connectivity index (χ3v) is 4.88. The molecule has 0 unspecified atom stereocenters. The molecule has 0 atom stereocenters. The van der Waals surface area contributed by atoms with Gasteiger partial charge in [0.1, 0.15) is 5.52 Å². The number of anilines is 1. The van der Waals surface area contributed by atoms with Crippen LogP contribution in [0.15, 0.2) is 40.8 Å². The minimum atomic E-state index is 0.0718. The molecule has 1 N–H and O–H groups in total. The number of hydrogen-bond donors (Lipinski definition) is 1. The van der Waals surface area contributed by atoms with Crippen LogP contribution < -0.4 is 5.32 Å². The topological polar surface area (TPSA) is 55.1 Å². The summed E-state index contributed by atoms with van der Waals surface area (Å²) in [5, 5.41) is 3.43. The van der Waals surface area contributed by atoms with E-state index >= 15 is 0 Å². The number of aryl methyl sites for hydroxylation is 1. The second-order valence-electron chi connectivity index (χ2n) is 6.25. The number of para-hydroxylation sites is 1. The summed E-state index contributed by atoms with van der Waals surface area (Å²) in [6.45, 7) is 2.00. The zero-order chi connectivity index (χ0) is 16.7. The minimum absolute atomic E-state index is 0.0718. The molecular formula is C19H17ClN2O2. The highest BCUT2D eigenvalue weighted by atomic mass is 35.5. The number of carbonyl (C=O) groups excluding carboxylic acids is 1. The molecule has 1 fully saturated rings. The first-order chi connectivity index (χ1) is 11.6. The Kier molecular flexibility index (Phi) is 3.77. The van der Waals surface area contributed by atoms with E-state index in [0.717, 1.165) is 35.9 Å². The van der Waals surface area contributed by atoms with Gasteiger partial charge in [0.05, 0.1) is 10.6 Å². The number of hydrogen-bond acceptors (Lipinski definition) is 3. The van der Waals surface area contributed by atoms with Crippen LogP contribution in [0.5, 0.6) is 0 Å². The maximum Gasteiger partial charge on any atom is 0.228 e. The van der Waals surface area contributed by atoms with Crippen molar-refractivity contribution in [3.8, 4) is 11.5 Å². The number of rotatable bonds is 3. The van der Waals surface area contributed by atoms with Crippen LogP contribution >= 0.6 is 11.6 Å². The molecule has 0 aliphatic heterocycles. The Bertz CT molecular complexity index is 928. The molecule has 1 aliphatic carbocycles. The van der Waals surface area contributed by atoms with Crippen LogP contribution in [0.3, 0.4) is 0 Å². The fraction of sp³-hybridized carbons (Fsp3) is 0.263. The largest absolute Gasteiger partial charge is 0.436 e. The standard InChI is InChI=1S/C19H17ClN2O2/c1-11-4-2-7-16-17(11)22-19(24-16)14-9-8-13(10-15(14)20)21-18(23)12-5-3-6-12/h2,4,7-10,12H,3,5-6H2,1H3,(H,21,23). The van der Waals surface area contributed by atoms with E-state index in [0.29, 0.717) is 22.2 Å². The van der Waals surface area contributed by atoms with E-state index in [1.165, 1.54) is 0 Å². The van der Waals surface area contributed by atoms with Crippen LogP contribution in [0, 0.1) is 12.8 Å². The highest BCUT2D eigenvalue weighted by molar-refractivity contribution is 6.33. The molecule has 1 aromatic heterocycles. The summed E-state index contributed by atoms with van der Waals surface area (Å²) >= 11 is 6.39. The Morgan fingerprint density at radius 2 is 2.12 bits per heavy atom. The summed E-state index contributed by atoms with van der Waals surface area (Å²) in [7, 11) is 0. The Morgan fingerprint density at radius 3 is 2.79 bits per heavy atom. The number of carbonyl (C=O) groups is 1. The molecule has 4 rings (SSSR count). The van der Waals surface area contributed by atoms with Gasteiger partial charge in [-0.15, -0.1) is 0 Å². The lowest BCUT2D eigenvalue weighted by molar-refractivity contribution is -0.122. The molecule has 0 spiro atoms. The normalized spacial score (nSPS) is 14.6. The highest BCUT2D eigenvalue weighted by Crippen LogP contribution is 2.33. The first-order valence-electron chi connectivity index (χ1n) is 8.09. The fourth-order valence-electron chi connectivity index (χ4n) is 2.88. The lowest BCUT2D eigenvalue weighted by Gasteiger charge is -2.24. The van der Waals surface area contributed by atoms with Gasteiger partial charge in [-0.25, -0.2) is 4.98 Å². The van der Waals surface area contributed by atoms with Crippen molar-refractivity contribution in [2.75, 3.05) is 5.32 Å². The number of aromatic nitrogens is 1. The maximum absolute atomic E-state index is 12.0. The molecule has 0 radical (unpaired) electrons. The van der Waals surface area contributed by atoms with Gasteiger partial charge in [-0.05, 0) is 49.6 Å². The van der Waals surface area contributed by atoms with Crippen molar-refractivity contribution in [2.45, 2.75) is 26.2 Å². The Morgan fingerprint density at radius 1 is 1.29 bits per heavy atom. The van der Waals surface area contributed by atoms with Gasteiger partial charge in [0, 0.05) is 11.6 Å². The van der Waals surface area contributed by atoms with E-state index in [4.69, 9.17) is 16.0 Å². The van der Waals surface area contributed by atoms with E-state index in [1.54, 1.807) is 6.07 Å². The first kappa shape index (κ1) is 15.2. The van der Waals surface area contributed by atoms with Gasteiger partial charge in [-0.1, -0.05) is 30.2 Å². The zero-order valence-corrected chi connectivity index (χ0v) is 14.1. The molecule has 122 valence electrons. The number of halogens is 1. The predicted molar refractivity (Wildman–Crippen MR) is 95.2 cm³/mol. The van der Waals surface area contributed by atoms with E-state index in [1.807, 2.05) is 37.3 Å². The van der Waals surface area contributed by atoms with E-state index in [-0.39, 0.29) is 11.8 Å². The van der Waals surface area contributed by atoms with E-state index in [9.17, 15) is 4.79 Å². The van der Waals surface area contributed by atoms with Crippen LogP contribution in [0.2, 0.25) is 5.02 Å². The first-order valence-corrected chi connectivity index (χ1v) is 8.46. The van der Waals surface area contributed by atoms with Crippen LogP contribution in [-0.2, 0) is 4.79 Å². The van der Waals surface area contributed by atoms with Crippen LogP contribution in [0.4, 0.5) is 5.69 Å². The van der Waals surface area contributed by atoms with Crippen molar-refractivity contribution >= 4 is 34.3 Å². The Hall–Kier alpha value is -2.33. The molecule has 4 nitrogen and oxygen atoms in total. The van der Waals surface area contributed by atoms with Crippen molar-refractivity contribution < 1.29 is 9.21 Å². The fourth-order valence-corrected chi connectivity index (χ4v) is 3.14. The molecule has 3 aromatic rings. The van der Waals surface area contributed by atoms with Crippen molar-refractivity contribution in [3.63, 3.8) is 0 Å². The Labute approximate surface area is 144 Å². The van der Waals surface area contributed by atoms with E-state index < -0.39 is 0 Å². The second-order valence-corrected chi connectivity index (χ2v) is 6.66. The third kappa shape index (κ3) is 2.67. The van der Waals surface area contributed by atoms with Crippen LogP contribution in [0.1, 0.15) is 24.8 Å². The summed E-state index contributed by atoms with van der Waals surface area (Å²) in [5.74, 6) is 0.701.